The average Bonchev–Trinajstić information content (AvgIpc) is 2.28. The largest absolute Gasteiger partial charge is 0.401 e. The Morgan fingerprint density at radius 3 is 2.72 bits per heavy atom. The van der Waals surface area contributed by atoms with E-state index in [-0.39, 0.29) is 18.5 Å². The van der Waals surface area contributed by atoms with E-state index in [1.165, 1.54) is 0 Å². The van der Waals surface area contributed by atoms with E-state index in [1.54, 1.807) is 4.90 Å². The molecule has 0 spiro atoms. The second-order valence-electron chi connectivity index (χ2n) is 4.74. The number of nitrogens with one attached hydrogen (secondary N) is 1. The van der Waals surface area contributed by atoms with Crippen LogP contribution < -0.4 is 5.32 Å². The zero-order valence-corrected chi connectivity index (χ0v) is 10.7. The fourth-order valence-electron chi connectivity index (χ4n) is 2.37. The lowest BCUT2D eigenvalue weighted by molar-refractivity contribution is -0.137. The van der Waals surface area contributed by atoms with Crippen molar-refractivity contribution in [3.8, 4) is 0 Å². The van der Waals surface area contributed by atoms with Crippen LogP contribution >= 0.6 is 0 Å². The zero-order valence-electron chi connectivity index (χ0n) is 10.7. The van der Waals surface area contributed by atoms with E-state index in [2.05, 4.69) is 12.2 Å². The molecule has 3 nitrogen and oxygen atoms in total. The first-order valence-corrected chi connectivity index (χ1v) is 6.51. The van der Waals surface area contributed by atoms with Gasteiger partial charge in [0.15, 0.2) is 0 Å². The maximum Gasteiger partial charge on any atom is 0.401 e. The van der Waals surface area contributed by atoms with Gasteiger partial charge in [-0.05, 0) is 25.7 Å². The molecule has 6 heteroatoms. The summed E-state index contributed by atoms with van der Waals surface area (Å²) in [5, 5.41) is 2.17. The van der Waals surface area contributed by atoms with Crippen molar-refractivity contribution in [2.24, 2.45) is 0 Å². The minimum atomic E-state index is -4.26. The Morgan fingerprint density at radius 1 is 1.39 bits per heavy atom. The van der Waals surface area contributed by atoms with Gasteiger partial charge in [-0.25, -0.2) is 0 Å². The molecule has 1 heterocycles. The Morgan fingerprint density at radius 2 is 2.11 bits per heavy atom. The van der Waals surface area contributed by atoms with Crippen molar-refractivity contribution in [2.45, 2.75) is 51.2 Å². The molecule has 1 fully saturated rings. The SMILES string of the molecule is CCCC1CCCCN1C(=O)CNCC(F)(F)F. The van der Waals surface area contributed by atoms with Gasteiger partial charge in [0.05, 0.1) is 13.1 Å². The predicted octanol–water partition coefficient (Wildman–Crippen LogP) is 2.32. The highest BCUT2D eigenvalue weighted by molar-refractivity contribution is 5.78. The number of likely N-dealkylation sites (tertiary alicyclic amines) is 1. The summed E-state index contributed by atoms with van der Waals surface area (Å²) in [5.74, 6) is -0.211. The van der Waals surface area contributed by atoms with Crippen molar-refractivity contribution < 1.29 is 18.0 Å². The zero-order chi connectivity index (χ0) is 13.6. The molecule has 0 saturated carbocycles. The molecular weight excluding hydrogens is 245 g/mol. The summed E-state index contributed by atoms with van der Waals surface area (Å²) in [4.78, 5) is 13.6. The Balaban J connectivity index is 2.38. The van der Waals surface area contributed by atoms with Crippen LogP contribution in [0.3, 0.4) is 0 Å². The van der Waals surface area contributed by atoms with E-state index in [4.69, 9.17) is 0 Å². The standard InChI is InChI=1S/C12H21F3N2O/c1-2-5-10-6-3-4-7-17(10)11(18)8-16-9-12(13,14)15/h10,16H,2-9H2,1H3. The summed E-state index contributed by atoms with van der Waals surface area (Å²) in [7, 11) is 0. The smallest absolute Gasteiger partial charge is 0.339 e. The van der Waals surface area contributed by atoms with Gasteiger partial charge in [-0.3, -0.25) is 4.79 Å². The Hall–Kier alpha value is -0.780. The highest BCUT2D eigenvalue weighted by Crippen LogP contribution is 2.20. The molecule has 0 bridgehead atoms. The molecule has 0 aromatic heterocycles. The fourth-order valence-corrected chi connectivity index (χ4v) is 2.37. The molecule has 0 aliphatic carbocycles. The molecule has 1 unspecified atom stereocenters. The number of hydrogen-bond donors (Lipinski definition) is 1. The van der Waals surface area contributed by atoms with E-state index in [0.29, 0.717) is 6.54 Å². The Kier molecular flexibility index (Phi) is 5.91. The summed E-state index contributed by atoms with van der Waals surface area (Å²) in [6.45, 7) is 1.40. The van der Waals surface area contributed by atoms with Crippen molar-refractivity contribution in [1.82, 2.24) is 10.2 Å². The minimum Gasteiger partial charge on any atom is -0.339 e. The van der Waals surface area contributed by atoms with Crippen LogP contribution in [-0.2, 0) is 4.79 Å². The highest BCUT2D eigenvalue weighted by atomic mass is 19.4. The topological polar surface area (TPSA) is 32.3 Å². The number of nitrogens with zero attached hydrogens (tertiary/aromatic N) is 1. The number of carbonyl (C=O) groups is 1. The lowest BCUT2D eigenvalue weighted by Crippen LogP contribution is -2.48. The first-order chi connectivity index (χ1) is 8.44. The highest BCUT2D eigenvalue weighted by Gasteiger charge is 2.29. The molecule has 1 rings (SSSR count). The molecular formula is C12H21F3N2O. The molecule has 1 amide bonds. The second-order valence-corrected chi connectivity index (χ2v) is 4.74. The van der Waals surface area contributed by atoms with Gasteiger partial charge >= 0.3 is 6.18 Å². The number of piperidine rings is 1. The lowest BCUT2D eigenvalue weighted by Gasteiger charge is -2.36. The third-order valence-electron chi connectivity index (χ3n) is 3.17. The van der Waals surface area contributed by atoms with Gasteiger partial charge in [0.2, 0.25) is 5.91 Å². The van der Waals surface area contributed by atoms with Crippen molar-refractivity contribution in [1.29, 1.82) is 0 Å². The van der Waals surface area contributed by atoms with E-state index in [9.17, 15) is 18.0 Å². The number of rotatable bonds is 5. The molecule has 106 valence electrons. The molecule has 1 N–H and O–H groups in total. The maximum absolute atomic E-state index is 12.0. The molecule has 0 radical (unpaired) electrons. The van der Waals surface area contributed by atoms with Crippen LogP contribution in [-0.4, -0.2) is 42.7 Å². The fraction of sp³-hybridized carbons (Fsp3) is 0.917. The number of carbonyl (C=O) groups excluding carboxylic acids is 1. The Labute approximate surface area is 106 Å². The van der Waals surface area contributed by atoms with Crippen molar-refractivity contribution in [2.75, 3.05) is 19.6 Å². The monoisotopic (exact) mass is 266 g/mol. The van der Waals surface area contributed by atoms with Gasteiger partial charge < -0.3 is 10.2 Å². The summed E-state index contributed by atoms with van der Waals surface area (Å²) in [5.41, 5.74) is 0. The number of amides is 1. The Bertz CT molecular complexity index is 267. The van der Waals surface area contributed by atoms with E-state index in [0.717, 1.165) is 32.1 Å². The molecule has 1 aliphatic heterocycles. The van der Waals surface area contributed by atoms with Crippen LogP contribution in [0.25, 0.3) is 0 Å². The average molecular weight is 266 g/mol. The third kappa shape index (κ3) is 5.25. The molecule has 1 saturated heterocycles. The van der Waals surface area contributed by atoms with Crippen molar-refractivity contribution in [3.05, 3.63) is 0 Å². The number of halogens is 3. The third-order valence-corrected chi connectivity index (χ3v) is 3.17. The van der Waals surface area contributed by atoms with Gasteiger partial charge in [-0.1, -0.05) is 13.3 Å². The minimum absolute atomic E-state index is 0.211. The van der Waals surface area contributed by atoms with Gasteiger partial charge in [0.25, 0.3) is 0 Å². The summed E-state index contributed by atoms with van der Waals surface area (Å²) in [6.07, 6.45) is 0.689. The van der Waals surface area contributed by atoms with Crippen molar-refractivity contribution >= 4 is 5.91 Å². The maximum atomic E-state index is 12.0. The van der Waals surface area contributed by atoms with E-state index < -0.39 is 12.7 Å². The van der Waals surface area contributed by atoms with Gasteiger partial charge in [0.1, 0.15) is 0 Å². The molecule has 1 aliphatic rings. The molecule has 1 atom stereocenters. The predicted molar refractivity (Wildman–Crippen MR) is 63.2 cm³/mol. The number of alkyl halides is 3. The van der Waals surface area contributed by atoms with Crippen LogP contribution in [0.5, 0.6) is 0 Å². The van der Waals surface area contributed by atoms with Crippen LogP contribution in [0, 0.1) is 0 Å². The van der Waals surface area contributed by atoms with Crippen LogP contribution in [0.1, 0.15) is 39.0 Å². The van der Waals surface area contributed by atoms with Gasteiger partial charge in [-0.2, -0.15) is 13.2 Å². The van der Waals surface area contributed by atoms with E-state index in [1.807, 2.05) is 0 Å². The quantitative estimate of drug-likeness (QED) is 0.828. The first kappa shape index (κ1) is 15.3. The molecule has 0 aromatic carbocycles. The van der Waals surface area contributed by atoms with E-state index >= 15 is 0 Å². The second kappa shape index (κ2) is 6.97. The number of hydrogen-bond acceptors (Lipinski definition) is 2. The van der Waals surface area contributed by atoms with Crippen LogP contribution in [0.2, 0.25) is 0 Å². The van der Waals surface area contributed by atoms with Crippen LogP contribution in [0.4, 0.5) is 13.2 Å². The van der Waals surface area contributed by atoms with Crippen LogP contribution in [0.15, 0.2) is 0 Å². The normalized spacial score (nSPS) is 21.1. The van der Waals surface area contributed by atoms with Gasteiger partial charge in [-0.15, -0.1) is 0 Å². The summed E-state index contributed by atoms with van der Waals surface area (Å²) < 4.78 is 35.9. The lowest BCUT2D eigenvalue weighted by atomic mass is 9.98. The van der Waals surface area contributed by atoms with Crippen molar-refractivity contribution in [3.63, 3.8) is 0 Å². The summed E-state index contributed by atoms with van der Waals surface area (Å²) in [6, 6.07) is 0.212. The first-order valence-electron chi connectivity index (χ1n) is 6.51. The van der Waals surface area contributed by atoms with Gasteiger partial charge in [0, 0.05) is 12.6 Å². The summed E-state index contributed by atoms with van der Waals surface area (Å²) >= 11 is 0. The molecule has 18 heavy (non-hydrogen) atoms. The molecule has 0 aromatic rings.